The van der Waals surface area contributed by atoms with E-state index in [1.54, 1.807) is 11.1 Å². The van der Waals surface area contributed by atoms with E-state index in [9.17, 15) is 18.0 Å². The van der Waals surface area contributed by atoms with Gasteiger partial charge >= 0.3 is 12.2 Å². The monoisotopic (exact) mass is 458 g/mol. The first-order valence-electron chi connectivity index (χ1n) is 10.2. The lowest BCUT2D eigenvalue weighted by Gasteiger charge is -2.35. The van der Waals surface area contributed by atoms with Crippen molar-refractivity contribution in [2.75, 3.05) is 5.32 Å². The molecule has 32 heavy (non-hydrogen) atoms. The molecular weight excluding hydrogens is 441 g/mol. The van der Waals surface area contributed by atoms with E-state index >= 15 is 0 Å². The van der Waals surface area contributed by atoms with Crippen molar-refractivity contribution in [3.63, 3.8) is 0 Å². The Hall–Kier alpha value is -3.13. The number of carbonyl (C=O) groups excluding carboxylic acids is 1. The summed E-state index contributed by atoms with van der Waals surface area (Å²) in [6.07, 6.45) is -0.705. The molecule has 0 aliphatic carbocycles. The summed E-state index contributed by atoms with van der Waals surface area (Å²) in [5, 5.41) is 2.20. The van der Waals surface area contributed by atoms with E-state index in [1.807, 2.05) is 30.3 Å². The second-order valence-corrected chi connectivity index (χ2v) is 8.35. The lowest BCUT2D eigenvalue weighted by molar-refractivity contribution is -0.137. The van der Waals surface area contributed by atoms with Crippen LogP contribution >= 0.6 is 11.6 Å². The summed E-state index contributed by atoms with van der Waals surface area (Å²) >= 11 is 5.68. The molecular formula is C23H18ClF3N4O. The van der Waals surface area contributed by atoms with E-state index in [0.29, 0.717) is 12.2 Å². The largest absolute Gasteiger partial charge is 0.417 e. The van der Waals surface area contributed by atoms with Crippen LogP contribution in [-0.2, 0) is 12.6 Å². The van der Waals surface area contributed by atoms with Crippen LogP contribution in [0.2, 0.25) is 5.02 Å². The van der Waals surface area contributed by atoms with Crippen molar-refractivity contribution < 1.29 is 18.0 Å². The minimum absolute atomic E-state index is 0.0487. The molecule has 0 spiro atoms. The van der Waals surface area contributed by atoms with Gasteiger partial charge in [0.25, 0.3) is 0 Å². The first-order valence-corrected chi connectivity index (χ1v) is 10.6. The van der Waals surface area contributed by atoms with Gasteiger partial charge in [-0.25, -0.2) is 14.8 Å². The maximum atomic E-state index is 13.2. The third-order valence-corrected chi connectivity index (χ3v) is 6.31. The van der Waals surface area contributed by atoms with E-state index in [-0.39, 0.29) is 17.8 Å². The predicted molar refractivity (Wildman–Crippen MR) is 114 cm³/mol. The zero-order valence-corrected chi connectivity index (χ0v) is 17.5. The Morgan fingerprint density at radius 3 is 2.66 bits per heavy atom. The maximum Gasteiger partial charge on any atom is 0.417 e. The van der Waals surface area contributed by atoms with Gasteiger partial charge in [0.2, 0.25) is 0 Å². The van der Waals surface area contributed by atoms with Crippen molar-refractivity contribution in [1.29, 1.82) is 0 Å². The fourth-order valence-corrected chi connectivity index (χ4v) is 4.75. The molecule has 3 aromatic rings. The number of nitrogens with one attached hydrogen (secondary N) is 1. The van der Waals surface area contributed by atoms with Crippen molar-refractivity contribution in [3.8, 4) is 11.4 Å². The average molecular weight is 459 g/mol. The number of aromatic nitrogens is 2. The van der Waals surface area contributed by atoms with Crippen LogP contribution in [-0.4, -0.2) is 26.9 Å². The van der Waals surface area contributed by atoms with Gasteiger partial charge in [0, 0.05) is 35.5 Å². The molecule has 2 bridgehead atoms. The van der Waals surface area contributed by atoms with Gasteiger partial charge in [-0.3, -0.25) is 0 Å². The Bertz CT molecular complexity index is 1190. The third kappa shape index (κ3) is 3.68. The molecule has 5 nitrogen and oxygen atoms in total. The molecule has 0 unspecified atom stereocenters. The molecule has 2 atom stereocenters. The lowest BCUT2D eigenvalue weighted by Crippen LogP contribution is -2.44. The van der Waals surface area contributed by atoms with Crippen LogP contribution in [0.5, 0.6) is 0 Å². The molecule has 0 saturated carbocycles. The molecule has 1 saturated heterocycles. The summed E-state index contributed by atoms with van der Waals surface area (Å²) in [6, 6.07) is 12.3. The number of carbonyl (C=O) groups is 1. The van der Waals surface area contributed by atoms with Crippen molar-refractivity contribution in [3.05, 3.63) is 76.6 Å². The molecule has 2 amide bonds. The summed E-state index contributed by atoms with van der Waals surface area (Å²) in [6.45, 7) is 0. The van der Waals surface area contributed by atoms with Crippen LogP contribution < -0.4 is 5.32 Å². The zero-order valence-electron chi connectivity index (χ0n) is 16.7. The SMILES string of the molecule is O=C(Nc1ccc(Cl)c(C(F)(F)F)c1)N1[C@H]2CC[C@@H]1c1cnc(-c3ccccc3)nc1C2. The highest BCUT2D eigenvalue weighted by Gasteiger charge is 2.43. The van der Waals surface area contributed by atoms with Gasteiger partial charge in [0.15, 0.2) is 5.82 Å². The number of halogens is 4. The lowest BCUT2D eigenvalue weighted by atomic mass is 9.99. The van der Waals surface area contributed by atoms with Gasteiger partial charge in [-0.1, -0.05) is 41.9 Å². The quantitative estimate of drug-likeness (QED) is 0.504. The summed E-state index contributed by atoms with van der Waals surface area (Å²) in [7, 11) is 0. The van der Waals surface area contributed by atoms with Crippen LogP contribution in [0, 0.1) is 0 Å². The maximum absolute atomic E-state index is 13.2. The Morgan fingerprint density at radius 1 is 1.12 bits per heavy atom. The minimum Gasteiger partial charge on any atom is -0.314 e. The van der Waals surface area contributed by atoms with Gasteiger partial charge in [-0.05, 0) is 31.0 Å². The summed E-state index contributed by atoms with van der Waals surface area (Å²) < 4.78 is 39.5. The van der Waals surface area contributed by atoms with E-state index < -0.39 is 22.8 Å². The Morgan fingerprint density at radius 2 is 1.91 bits per heavy atom. The Kier molecular flexibility index (Phi) is 5.04. The number of anilines is 1. The molecule has 2 aromatic carbocycles. The van der Waals surface area contributed by atoms with Crippen molar-refractivity contribution in [2.24, 2.45) is 0 Å². The topological polar surface area (TPSA) is 58.1 Å². The number of amides is 2. The standard InChI is InChI=1S/C23H18ClF3N4O/c24-18-8-6-14(10-17(18)23(25,26)27)29-22(32)31-15-7-9-20(31)16-12-28-21(30-19(16)11-15)13-4-2-1-3-5-13/h1-6,8,10,12,15,20H,7,9,11H2,(H,29,32)/t15-,20+/m0/s1. The third-order valence-electron chi connectivity index (χ3n) is 5.98. The molecule has 1 fully saturated rings. The van der Waals surface area contributed by atoms with Crippen LogP contribution in [0.1, 0.15) is 35.7 Å². The van der Waals surface area contributed by atoms with E-state index in [1.165, 1.54) is 6.07 Å². The minimum atomic E-state index is -4.60. The summed E-state index contributed by atoms with van der Waals surface area (Å²) in [4.78, 5) is 24.0. The second-order valence-electron chi connectivity index (χ2n) is 7.94. The van der Waals surface area contributed by atoms with E-state index in [0.717, 1.165) is 41.8 Å². The number of urea groups is 1. The average Bonchev–Trinajstić information content (AvgIpc) is 3.09. The van der Waals surface area contributed by atoms with Crippen LogP contribution in [0.3, 0.4) is 0 Å². The molecule has 164 valence electrons. The number of rotatable bonds is 2. The van der Waals surface area contributed by atoms with Gasteiger partial charge in [-0.2, -0.15) is 13.2 Å². The molecule has 3 heterocycles. The van der Waals surface area contributed by atoms with Crippen molar-refractivity contribution in [1.82, 2.24) is 14.9 Å². The van der Waals surface area contributed by atoms with Crippen LogP contribution in [0.4, 0.5) is 23.7 Å². The van der Waals surface area contributed by atoms with E-state index in [2.05, 4.69) is 10.3 Å². The highest BCUT2D eigenvalue weighted by atomic mass is 35.5. The number of hydrogen-bond acceptors (Lipinski definition) is 3. The molecule has 1 aromatic heterocycles. The van der Waals surface area contributed by atoms with Gasteiger partial charge in [0.1, 0.15) is 0 Å². The highest BCUT2D eigenvalue weighted by molar-refractivity contribution is 6.31. The molecule has 9 heteroatoms. The fraction of sp³-hybridized carbons (Fsp3) is 0.261. The normalized spacial score (nSPS) is 19.6. The molecule has 2 aliphatic heterocycles. The van der Waals surface area contributed by atoms with Crippen molar-refractivity contribution in [2.45, 2.75) is 37.5 Å². The Labute approximate surface area is 187 Å². The Balaban J connectivity index is 1.40. The predicted octanol–water partition coefficient (Wildman–Crippen LogP) is 6.11. The second kappa shape index (κ2) is 7.78. The summed E-state index contributed by atoms with van der Waals surface area (Å²) in [5.74, 6) is 0.641. The molecule has 0 radical (unpaired) electrons. The number of hydrogen-bond donors (Lipinski definition) is 1. The first-order chi connectivity index (χ1) is 15.3. The fourth-order valence-electron chi connectivity index (χ4n) is 4.52. The van der Waals surface area contributed by atoms with Gasteiger partial charge in [-0.15, -0.1) is 0 Å². The first kappa shape index (κ1) is 20.8. The number of fused-ring (bicyclic) bond motifs is 4. The van der Waals surface area contributed by atoms with Crippen LogP contribution in [0.25, 0.3) is 11.4 Å². The summed E-state index contributed by atoms with van der Waals surface area (Å²) in [5.41, 5.74) is 1.80. The molecule has 2 aliphatic rings. The number of benzene rings is 2. The number of alkyl halides is 3. The van der Waals surface area contributed by atoms with Gasteiger partial charge in [0.05, 0.1) is 22.3 Å². The molecule has 5 rings (SSSR count). The smallest absolute Gasteiger partial charge is 0.314 e. The zero-order chi connectivity index (χ0) is 22.5. The highest BCUT2D eigenvalue weighted by Crippen LogP contribution is 2.44. The van der Waals surface area contributed by atoms with Gasteiger partial charge < -0.3 is 10.2 Å². The van der Waals surface area contributed by atoms with Crippen molar-refractivity contribution >= 4 is 23.3 Å². The number of nitrogens with zero attached hydrogens (tertiary/aromatic N) is 3. The van der Waals surface area contributed by atoms with Crippen LogP contribution in [0.15, 0.2) is 54.7 Å². The molecule has 1 N–H and O–H groups in total. The van der Waals surface area contributed by atoms with E-state index in [4.69, 9.17) is 16.6 Å².